The summed E-state index contributed by atoms with van der Waals surface area (Å²) < 4.78 is 1.88. The number of carboxylic acids is 1. The van der Waals surface area contributed by atoms with Crippen LogP contribution in [0.3, 0.4) is 0 Å². The van der Waals surface area contributed by atoms with Gasteiger partial charge in [0.1, 0.15) is 11.7 Å². The highest BCUT2D eigenvalue weighted by atomic mass is 16.4. The summed E-state index contributed by atoms with van der Waals surface area (Å²) in [5.74, 6) is -1.10. The minimum absolute atomic E-state index is 0.00362. The van der Waals surface area contributed by atoms with Crippen LogP contribution in [-0.2, 0) is 4.79 Å². The molecule has 1 aliphatic heterocycles. The number of rotatable bonds is 3. The first-order valence-electron chi connectivity index (χ1n) is 6.64. The third-order valence-electron chi connectivity index (χ3n) is 3.77. The van der Waals surface area contributed by atoms with Crippen molar-refractivity contribution in [1.82, 2.24) is 9.47 Å². The smallest absolute Gasteiger partial charge is 0.326 e. The van der Waals surface area contributed by atoms with Crippen molar-refractivity contribution in [2.75, 3.05) is 6.54 Å². The molecule has 2 unspecified atom stereocenters. The number of carboxylic acid groups (broad SMARTS) is 1. The first kappa shape index (κ1) is 13.6. The molecule has 0 aliphatic carbocycles. The molecule has 1 saturated heterocycles. The molecule has 19 heavy (non-hydrogen) atoms. The molecule has 1 aromatic rings. The molecular weight excluding hydrogens is 244 g/mol. The molecule has 1 amide bonds. The summed E-state index contributed by atoms with van der Waals surface area (Å²) >= 11 is 0. The Hall–Kier alpha value is -1.78. The molecule has 1 fully saturated rings. The molecule has 0 aromatic carbocycles. The van der Waals surface area contributed by atoms with Crippen LogP contribution >= 0.6 is 0 Å². The largest absolute Gasteiger partial charge is 0.480 e. The molecule has 1 aromatic heterocycles. The Kier molecular flexibility index (Phi) is 3.64. The maximum absolute atomic E-state index is 12.5. The van der Waals surface area contributed by atoms with Crippen molar-refractivity contribution in [3.05, 3.63) is 24.0 Å². The van der Waals surface area contributed by atoms with Gasteiger partial charge in [0.2, 0.25) is 0 Å². The van der Waals surface area contributed by atoms with E-state index in [0.717, 1.165) is 6.42 Å². The molecule has 5 heteroatoms. The van der Waals surface area contributed by atoms with Gasteiger partial charge in [-0.15, -0.1) is 0 Å². The predicted molar refractivity (Wildman–Crippen MR) is 71.1 cm³/mol. The van der Waals surface area contributed by atoms with Gasteiger partial charge in [-0.1, -0.05) is 6.92 Å². The molecule has 0 radical (unpaired) electrons. The van der Waals surface area contributed by atoms with Crippen LogP contribution in [-0.4, -0.2) is 39.0 Å². The van der Waals surface area contributed by atoms with E-state index in [1.807, 2.05) is 37.6 Å². The van der Waals surface area contributed by atoms with Gasteiger partial charge in [0, 0.05) is 18.8 Å². The molecule has 104 valence electrons. The van der Waals surface area contributed by atoms with E-state index in [1.165, 1.54) is 4.90 Å². The Bertz CT molecular complexity index is 493. The van der Waals surface area contributed by atoms with Gasteiger partial charge in [-0.25, -0.2) is 4.79 Å². The first-order chi connectivity index (χ1) is 8.93. The molecule has 2 rings (SSSR count). The number of hydrogen-bond donors (Lipinski definition) is 1. The third kappa shape index (κ3) is 2.37. The van der Waals surface area contributed by atoms with Crippen LogP contribution in [0.1, 0.15) is 43.7 Å². The number of carbonyl (C=O) groups is 2. The zero-order chi connectivity index (χ0) is 14.2. The molecule has 0 spiro atoms. The average molecular weight is 264 g/mol. The summed E-state index contributed by atoms with van der Waals surface area (Å²) in [6.07, 6.45) is 2.60. The van der Waals surface area contributed by atoms with Crippen LogP contribution in [0.2, 0.25) is 0 Å². The number of aromatic nitrogens is 1. The first-order valence-corrected chi connectivity index (χ1v) is 6.64. The molecule has 1 N–H and O–H groups in total. The average Bonchev–Trinajstić information content (AvgIpc) is 2.93. The van der Waals surface area contributed by atoms with Crippen LogP contribution in [0.15, 0.2) is 18.3 Å². The van der Waals surface area contributed by atoms with Crippen molar-refractivity contribution in [2.45, 2.75) is 39.3 Å². The highest BCUT2D eigenvalue weighted by Crippen LogP contribution is 2.26. The monoisotopic (exact) mass is 264 g/mol. The fourth-order valence-corrected chi connectivity index (χ4v) is 2.72. The third-order valence-corrected chi connectivity index (χ3v) is 3.77. The van der Waals surface area contributed by atoms with Crippen LogP contribution in [0.4, 0.5) is 0 Å². The van der Waals surface area contributed by atoms with Crippen LogP contribution in [0.5, 0.6) is 0 Å². The topological polar surface area (TPSA) is 62.5 Å². The van der Waals surface area contributed by atoms with Crippen molar-refractivity contribution >= 4 is 11.9 Å². The van der Waals surface area contributed by atoms with Gasteiger partial charge in [0.25, 0.3) is 5.91 Å². The Balaban J connectivity index is 2.29. The molecule has 0 saturated carbocycles. The molecular formula is C14H20N2O3. The van der Waals surface area contributed by atoms with Gasteiger partial charge in [-0.2, -0.15) is 0 Å². The summed E-state index contributed by atoms with van der Waals surface area (Å²) in [7, 11) is 0. The Labute approximate surface area is 112 Å². The number of hydrogen-bond acceptors (Lipinski definition) is 2. The predicted octanol–water partition coefficient (Wildman–Crippen LogP) is 2.00. The van der Waals surface area contributed by atoms with E-state index < -0.39 is 12.0 Å². The number of carbonyl (C=O) groups excluding carboxylic acids is 1. The van der Waals surface area contributed by atoms with Crippen LogP contribution < -0.4 is 0 Å². The second-order valence-electron chi connectivity index (χ2n) is 5.44. The Morgan fingerprint density at radius 3 is 2.68 bits per heavy atom. The molecule has 0 bridgehead atoms. The van der Waals surface area contributed by atoms with E-state index in [2.05, 4.69) is 0 Å². The van der Waals surface area contributed by atoms with Gasteiger partial charge in [-0.05, 0) is 38.3 Å². The molecule has 2 atom stereocenters. The maximum Gasteiger partial charge on any atom is 0.326 e. The minimum Gasteiger partial charge on any atom is -0.480 e. The SMILES string of the molecule is CC1CCN(C(=O)c2cccn2C(C)C)C1C(=O)O. The number of nitrogens with zero attached hydrogens (tertiary/aromatic N) is 2. The van der Waals surface area contributed by atoms with Crippen molar-refractivity contribution < 1.29 is 14.7 Å². The van der Waals surface area contributed by atoms with Gasteiger partial charge in [-0.3, -0.25) is 4.79 Å². The fourth-order valence-electron chi connectivity index (χ4n) is 2.72. The van der Waals surface area contributed by atoms with E-state index in [1.54, 1.807) is 6.07 Å². The molecule has 2 heterocycles. The van der Waals surface area contributed by atoms with E-state index >= 15 is 0 Å². The van der Waals surface area contributed by atoms with Crippen molar-refractivity contribution in [1.29, 1.82) is 0 Å². The standard InChI is InChI=1S/C14H20N2O3/c1-9(2)15-7-4-5-11(15)13(17)16-8-6-10(3)12(16)14(18)19/h4-5,7,9-10,12H,6,8H2,1-3H3,(H,18,19). The lowest BCUT2D eigenvalue weighted by Gasteiger charge is -2.24. The number of amides is 1. The van der Waals surface area contributed by atoms with E-state index in [9.17, 15) is 14.7 Å². The van der Waals surface area contributed by atoms with E-state index in [-0.39, 0.29) is 17.9 Å². The fraction of sp³-hybridized carbons (Fsp3) is 0.571. The maximum atomic E-state index is 12.5. The number of aliphatic carboxylic acids is 1. The van der Waals surface area contributed by atoms with Gasteiger partial charge in [0.15, 0.2) is 0 Å². The summed E-state index contributed by atoms with van der Waals surface area (Å²) in [5.41, 5.74) is 0.565. The zero-order valence-electron chi connectivity index (χ0n) is 11.5. The van der Waals surface area contributed by atoms with Crippen molar-refractivity contribution in [3.8, 4) is 0 Å². The van der Waals surface area contributed by atoms with E-state index in [4.69, 9.17) is 0 Å². The van der Waals surface area contributed by atoms with E-state index in [0.29, 0.717) is 12.2 Å². The van der Waals surface area contributed by atoms with Crippen LogP contribution in [0.25, 0.3) is 0 Å². The lowest BCUT2D eigenvalue weighted by atomic mass is 10.0. The quantitative estimate of drug-likeness (QED) is 0.908. The normalized spacial score (nSPS) is 23.1. The summed E-state index contributed by atoms with van der Waals surface area (Å²) in [4.78, 5) is 25.3. The van der Waals surface area contributed by atoms with Crippen LogP contribution in [0, 0.1) is 5.92 Å². The van der Waals surface area contributed by atoms with Gasteiger partial charge < -0.3 is 14.6 Å². The second-order valence-corrected chi connectivity index (χ2v) is 5.44. The van der Waals surface area contributed by atoms with Gasteiger partial charge >= 0.3 is 5.97 Å². The second kappa shape index (κ2) is 5.07. The zero-order valence-corrected chi connectivity index (χ0v) is 11.5. The summed E-state index contributed by atoms with van der Waals surface area (Å²) in [5, 5.41) is 9.28. The highest BCUT2D eigenvalue weighted by molar-refractivity contribution is 5.95. The Morgan fingerprint density at radius 1 is 1.42 bits per heavy atom. The van der Waals surface area contributed by atoms with Gasteiger partial charge in [0.05, 0.1) is 0 Å². The van der Waals surface area contributed by atoms with Crippen molar-refractivity contribution in [2.24, 2.45) is 5.92 Å². The lowest BCUT2D eigenvalue weighted by molar-refractivity contribution is -0.142. The summed E-state index contributed by atoms with van der Waals surface area (Å²) in [6.45, 7) is 6.39. The van der Waals surface area contributed by atoms with Crippen molar-refractivity contribution in [3.63, 3.8) is 0 Å². The highest BCUT2D eigenvalue weighted by Gasteiger charge is 2.40. The molecule has 1 aliphatic rings. The number of likely N-dealkylation sites (tertiary alicyclic amines) is 1. The molecule has 5 nitrogen and oxygen atoms in total. The Morgan fingerprint density at radius 2 is 2.11 bits per heavy atom. The minimum atomic E-state index is -0.916. The lowest BCUT2D eigenvalue weighted by Crippen LogP contribution is -2.43. The summed E-state index contributed by atoms with van der Waals surface area (Å²) in [6, 6.07) is 3.05.